The second kappa shape index (κ2) is 6.10. The third kappa shape index (κ3) is 2.90. The van der Waals surface area contributed by atoms with Gasteiger partial charge in [0.2, 0.25) is 5.91 Å². The topological polar surface area (TPSA) is 82.2 Å². The first kappa shape index (κ1) is 13.9. The third-order valence-corrected chi connectivity index (χ3v) is 3.00. The Kier molecular flexibility index (Phi) is 4.24. The van der Waals surface area contributed by atoms with Crippen LogP contribution in [0.2, 0.25) is 0 Å². The van der Waals surface area contributed by atoms with Crippen molar-refractivity contribution in [2.75, 3.05) is 12.4 Å². The normalized spacial score (nSPS) is 11.9. The van der Waals surface area contributed by atoms with E-state index in [0.717, 1.165) is 12.1 Å². The van der Waals surface area contributed by atoms with E-state index in [-0.39, 0.29) is 0 Å². The SMILES string of the molecule is CCn1cc(C(Nc2ccccc2OC)C(N)=O)cn1. The molecule has 1 aromatic heterocycles. The molecular formula is C14H18N4O2. The van der Waals surface area contributed by atoms with Crippen molar-refractivity contribution in [1.82, 2.24) is 9.78 Å². The summed E-state index contributed by atoms with van der Waals surface area (Å²) in [5.74, 6) is 0.188. The molecule has 1 aromatic carbocycles. The lowest BCUT2D eigenvalue weighted by molar-refractivity contribution is -0.118. The number of hydrogen-bond donors (Lipinski definition) is 2. The lowest BCUT2D eigenvalue weighted by Gasteiger charge is -2.17. The Bertz CT molecular complexity index is 594. The zero-order chi connectivity index (χ0) is 14.5. The van der Waals surface area contributed by atoms with E-state index >= 15 is 0 Å². The summed E-state index contributed by atoms with van der Waals surface area (Å²) in [6.07, 6.45) is 3.44. The van der Waals surface area contributed by atoms with Crippen LogP contribution in [0.4, 0.5) is 5.69 Å². The van der Waals surface area contributed by atoms with Crippen LogP contribution in [0.15, 0.2) is 36.7 Å². The number of methoxy groups -OCH3 is 1. The number of benzene rings is 1. The Labute approximate surface area is 117 Å². The van der Waals surface area contributed by atoms with Gasteiger partial charge in [0.1, 0.15) is 11.8 Å². The van der Waals surface area contributed by atoms with Crippen molar-refractivity contribution < 1.29 is 9.53 Å². The summed E-state index contributed by atoms with van der Waals surface area (Å²) in [4.78, 5) is 11.7. The Morgan fingerprint density at radius 3 is 2.85 bits per heavy atom. The first-order valence-electron chi connectivity index (χ1n) is 6.37. The van der Waals surface area contributed by atoms with E-state index in [9.17, 15) is 4.79 Å². The van der Waals surface area contributed by atoms with Gasteiger partial charge in [-0.3, -0.25) is 9.48 Å². The predicted molar refractivity (Wildman–Crippen MR) is 76.5 cm³/mol. The molecule has 1 amide bonds. The van der Waals surface area contributed by atoms with E-state index in [2.05, 4.69) is 10.4 Å². The number of aryl methyl sites for hydroxylation is 1. The summed E-state index contributed by atoms with van der Waals surface area (Å²) in [5, 5.41) is 7.26. The highest BCUT2D eigenvalue weighted by molar-refractivity contribution is 5.84. The van der Waals surface area contributed by atoms with E-state index in [1.54, 1.807) is 24.2 Å². The van der Waals surface area contributed by atoms with Crippen molar-refractivity contribution in [2.45, 2.75) is 19.5 Å². The molecule has 0 spiro atoms. The first-order chi connectivity index (χ1) is 9.65. The molecule has 0 radical (unpaired) electrons. The summed E-state index contributed by atoms with van der Waals surface area (Å²) in [7, 11) is 1.58. The van der Waals surface area contributed by atoms with Crippen LogP contribution >= 0.6 is 0 Å². The van der Waals surface area contributed by atoms with Crippen LogP contribution in [0.3, 0.4) is 0 Å². The number of ether oxygens (including phenoxy) is 1. The summed E-state index contributed by atoms with van der Waals surface area (Å²) in [6.45, 7) is 2.71. The number of nitrogens with two attached hydrogens (primary N) is 1. The maximum absolute atomic E-state index is 11.7. The highest BCUT2D eigenvalue weighted by Gasteiger charge is 2.20. The number of hydrogen-bond acceptors (Lipinski definition) is 4. The van der Waals surface area contributed by atoms with Crippen LogP contribution in [-0.2, 0) is 11.3 Å². The van der Waals surface area contributed by atoms with Gasteiger partial charge in [0.25, 0.3) is 0 Å². The van der Waals surface area contributed by atoms with Crippen molar-refractivity contribution in [3.63, 3.8) is 0 Å². The smallest absolute Gasteiger partial charge is 0.244 e. The molecule has 0 fully saturated rings. The highest BCUT2D eigenvalue weighted by atomic mass is 16.5. The third-order valence-electron chi connectivity index (χ3n) is 3.00. The Hall–Kier alpha value is -2.50. The van der Waals surface area contributed by atoms with Crippen LogP contribution in [0.5, 0.6) is 5.75 Å². The van der Waals surface area contributed by atoms with Crippen LogP contribution in [0, 0.1) is 0 Å². The molecule has 0 aliphatic heterocycles. The molecule has 2 rings (SSSR count). The van der Waals surface area contributed by atoms with Crippen LogP contribution < -0.4 is 15.8 Å². The van der Waals surface area contributed by atoms with Gasteiger partial charge in [-0.1, -0.05) is 12.1 Å². The minimum Gasteiger partial charge on any atom is -0.495 e. The second-order valence-corrected chi connectivity index (χ2v) is 4.31. The van der Waals surface area contributed by atoms with E-state index in [1.165, 1.54) is 0 Å². The molecule has 0 saturated heterocycles. The molecule has 6 heteroatoms. The summed E-state index contributed by atoms with van der Waals surface area (Å²) in [6, 6.07) is 6.72. The second-order valence-electron chi connectivity index (χ2n) is 4.31. The van der Waals surface area contributed by atoms with Crippen molar-refractivity contribution >= 4 is 11.6 Å². The Morgan fingerprint density at radius 1 is 1.50 bits per heavy atom. The Balaban J connectivity index is 2.28. The minimum atomic E-state index is -0.647. The number of aromatic nitrogens is 2. The highest BCUT2D eigenvalue weighted by Crippen LogP contribution is 2.27. The average Bonchev–Trinajstić information content (AvgIpc) is 2.93. The molecule has 2 aromatic rings. The molecule has 20 heavy (non-hydrogen) atoms. The van der Waals surface area contributed by atoms with Gasteiger partial charge in [-0.2, -0.15) is 5.10 Å². The fraction of sp³-hybridized carbons (Fsp3) is 0.286. The number of anilines is 1. The summed E-state index contributed by atoms with van der Waals surface area (Å²) in [5.41, 5.74) is 6.92. The lowest BCUT2D eigenvalue weighted by Crippen LogP contribution is -2.27. The van der Waals surface area contributed by atoms with Crippen molar-refractivity contribution in [3.05, 3.63) is 42.2 Å². The zero-order valence-corrected chi connectivity index (χ0v) is 11.5. The van der Waals surface area contributed by atoms with E-state index in [4.69, 9.17) is 10.5 Å². The van der Waals surface area contributed by atoms with Gasteiger partial charge in [0, 0.05) is 18.3 Å². The Morgan fingerprint density at radius 2 is 2.25 bits per heavy atom. The van der Waals surface area contributed by atoms with Gasteiger partial charge < -0.3 is 15.8 Å². The van der Waals surface area contributed by atoms with E-state index in [1.807, 2.05) is 31.2 Å². The van der Waals surface area contributed by atoms with E-state index in [0.29, 0.717) is 11.4 Å². The number of carbonyl (C=O) groups is 1. The molecule has 1 atom stereocenters. The fourth-order valence-corrected chi connectivity index (χ4v) is 1.94. The van der Waals surface area contributed by atoms with Gasteiger partial charge in [-0.15, -0.1) is 0 Å². The number of carbonyl (C=O) groups excluding carboxylic acids is 1. The lowest BCUT2D eigenvalue weighted by atomic mass is 10.1. The number of primary amides is 1. The fourth-order valence-electron chi connectivity index (χ4n) is 1.94. The summed E-state index contributed by atoms with van der Waals surface area (Å²) >= 11 is 0. The van der Waals surface area contributed by atoms with Crippen LogP contribution in [-0.4, -0.2) is 22.8 Å². The molecule has 0 saturated carbocycles. The number of amides is 1. The number of rotatable bonds is 6. The standard InChI is InChI=1S/C14H18N4O2/c1-3-18-9-10(8-16-18)13(14(15)19)17-11-6-4-5-7-12(11)20-2/h4-9,13,17H,3H2,1-2H3,(H2,15,19). The average molecular weight is 274 g/mol. The van der Waals surface area contributed by atoms with Gasteiger partial charge in [0.05, 0.1) is 19.0 Å². The minimum absolute atomic E-state index is 0.466. The number of para-hydroxylation sites is 2. The van der Waals surface area contributed by atoms with Gasteiger partial charge in [-0.05, 0) is 19.1 Å². The molecule has 0 aliphatic rings. The first-order valence-corrected chi connectivity index (χ1v) is 6.37. The molecule has 1 heterocycles. The maximum Gasteiger partial charge on any atom is 0.244 e. The van der Waals surface area contributed by atoms with Crippen molar-refractivity contribution in [2.24, 2.45) is 5.73 Å². The number of nitrogens with one attached hydrogen (secondary N) is 1. The maximum atomic E-state index is 11.7. The monoisotopic (exact) mass is 274 g/mol. The quantitative estimate of drug-likeness (QED) is 0.837. The zero-order valence-electron chi connectivity index (χ0n) is 11.5. The van der Waals surface area contributed by atoms with Crippen LogP contribution in [0.1, 0.15) is 18.5 Å². The van der Waals surface area contributed by atoms with Crippen LogP contribution in [0.25, 0.3) is 0 Å². The molecule has 106 valence electrons. The number of nitrogens with zero attached hydrogens (tertiary/aromatic N) is 2. The molecular weight excluding hydrogens is 256 g/mol. The molecule has 1 unspecified atom stereocenters. The largest absolute Gasteiger partial charge is 0.495 e. The molecule has 0 bridgehead atoms. The molecule has 3 N–H and O–H groups in total. The van der Waals surface area contributed by atoms with Crippen molar-refractivity contribution in [1.29, 1.82) is 0 Å². The van der Waals surface area contributed by atoms with E-state index < -0.39 is 11.9 Å². The molecule has 0 aliphatic carbocycles. The summed E-state index contributed by atoms with van der Waals surface area (Å²) < 4.78 is 7.00. The van der Waals surface area contributed by atoms with Gasteiger partial charge >= 0.3 is 0 Å². The predicted octanol–water partition coefficient (Wildman–Crippen LogP) is 1.55. The molecule has 6 nitrogen and oxygen atoms in total. The van der Waals surface area contributed by atoms with Crippen molar-refractivity contribution in [3.8, 4) is 5.75 Å². The van der Waals surface area contributed by atoms with Gasteiger partial charge in [0.15, 0.2) is 0 Å². The van der Waals surface area contributed by atoms with Gasteiger partial charge in [-0.25, -0.2) is 0 Å².